The zero-order valence-electron chi connectivity index (χ0n) is 11.7. The zero-order valence-corrected chi connectivity index (χ0v) is 12.5. The van der Waals surface area contributed by atoms with Crippen LogP contribution >= 0.6 is 11.3 Å². The van der Waals surface area contributed by atoms with E-state index in [0.29, 0.717) is 30.5 Å². The van der Waals surface area contributed by atoms with E-state index in [1.807, 2.05) is 5.38 Å². The molecule has 1 N–H and O–H groups in total. The van der Waals surface area contributed by atoms with Crippen molar-refractivity contribution < 1.29 is 14.7 Å². The van der Waals surface area contributed by atoms with Crippen molar-refractivity contribution in [3.05, 3.63) is 16.1 Å². The molecule has 2 aliphatic carbocycles. The minimum Gasteiger partial charge on any atom is -0.481 e. The van der Waals surface area contributed by atoms with E-state index in [-0.39, 0.29) is 11.9 Å². The number of nitrogens with zero attached hydrogens (tertiary/aromatic N) is 2. The fourth-order valence-corrected chi connectivity index (χ4v) is 4.71. The molecule has 5 rings (SSSR count). The number of rotatable bonds is 3. The van der Waals surface area contributed by atoms with Crippen molar-refractivity contribution in [1.29, 1.82) is 0 Å². The van der Waals surface area contributed by atoms with Crippen LogP contribution in [0.4, 0.5) is 0 Å². The Morgan fingerprint density at radius 1 is 1.29 bits per heavy atom. The molecule has 1 amide bonds. The predicted molar refractivity (Wildman–Crippen MR) is 77.4 cm³/mol. The Morgan fingerprint density at radius 3 is 2.76 bits per heavy atom. The summed E-state index contributed by atoms with van der Waals surface area (Å²) < 4.78 is 0. The van der Waals surface area contributed by atoms with Crippen LogP contribution in [0.5, 0.6) is 0 Å². The van der Waals surface area contributed by atoms with Crippen LogP contribution in [0.15, 0.2) is 5.38 Å². The molecule has 2 saturated heterocycles. The number of carbonyl (C=O) groups excluding carboxylic acids is 1. The number of carboxylic acid groups (broad SMARTS) is 1. The van der Waals surface area contributed by atoms with Crippen LogP contribution in [0.3, 0.4) is 0 Å². The van der Waals surface area contributed by atoms with E-state index < -0.39 is 11.9 Å². The minimum absolute atomic E-state index is 0.0706. The number of fused-ring (bicyclic) bond motifs is 3. The summed E-state index contributed by atoms with van der Waals surface area (Å²) in [6, 6.07) is -0.147. The van der Waals surface area contributed by atoms with Gasteiger partial charge in [0, 0.05) is 23.9 Å². The van der Waals surface area contributed by atoms with E-state index in [4.69, 9.17) is 0 Å². The van der Waals surface area contributed by atoms with E-state index >= 15 is 0 Å². The average molecular weight is 306 g/mol. The summed E-state index contributed by atoms with van der Waals surface area (Å²) in [6.45, 7) is 0.698. The normalized spacial score (nSPS) is 31.4. The monoisotopic (exact) mass is 306 g/mol. The number of hydrogen-bond acceptors (Lipinski definition) is 4. The largest absolute Gasteiger partial charge is 0.481 e. The lowest BCUT2D eigenvalue weighted by atomic mass is 9.72. The Morgan fingerprint density at radius 2 is 2.10 bits per heavy atom. The van der Waals surface area contributed by atoms with Gasteiger partial charge in [0.25, 0.3) is 5.91 Å². The van der Waals surface area contributed by atoms with Crippen LogP contribution in [0.1, 0.15) is 53.5 Å². The quantitative estimate of drug-likeness (QED) is 0.930. The maximum atomic E-state index is 12.7. The summed E-state index contributed by atoms with van der Waals surface area (Å²) in [6.07, 6.45) is 4.93. The van der Waals surface area contributed by atoms with E-state index in [0.717, 1.165) is 17.8 Å². The molecule has 3 heterocycles. The molecular formula is C15H18N2O3S. The molecule has 3 atom stereocenters. The Kier molecular flexibility index (Phi) is 3.03. The molecule has 5 nitrogen and oxygen atoms in total. The van der Waals surface area contributed by atoms with Gasteiger partial charge >= 0.3 is 5.97 Å². The van der Waals surface area contributed by atoms with Gasteiger partial charge < -0.3 is 10.0 Å². The molecule has 21 heavy (non-hydrogen) atoms. The lowest BCUT2D eigenvalue weighted by Crippen LogP contribution is -2.57. The van der Waals surface area contributed by atoms with Gasteiger partial charge in [-0.25, -0.2) is 4.98 Å². The van der Waals surface area contributed by atoms with Gasteiger partial charge in [0.05, 0.1) is 10.9 Å². The molecule has 1 aromatic rings. The first-order valence-electron chi connectivity index (χ1n) is 7.62. The van der Waals surface area contributed by atoms with Gasteiger partial charge in [0.15, 0.2) is 0 Å². The zero-order chi connectivity index (χ0) is 14.6. The highest BCUT2D eigenvalue weighted by Gasteiger charge is 2.46. The number of aromatic nitrogens is 1. The maximum Gasteiger partial charge on any atom is 0.308 e. The van der Waals surface area contributed by atoms with Crippen LogP contribution in [0.2, 0.25) is 0 Å². The van der Waals surface area contributed by atoms with Gasteiger partial charge in [0.1, 0.15) is 5.69 Å². The third kappa shape index (κ3) is 2.25. The Balaban J connectivity index is 1.56. The van der Waals surface area contributed by atoms with Gasteiger partial charge in [0.2, 0.25) is 0 Å². The van der Waals surface area contributed by atoms with E-state index in [1.165, 1.54) is 12.8 Å². The first-order valence-corrected chi connectivity index (χ1v) is 8.50. The van der Waals surface area contributed by atoms with Crippen molar-refractivity contribution in [3.8, 4) is 0 Å². The van der Waals surface area contributed by atoms with E-state index in [9.17, 15) is 14.7 Å². The van der Waals surface area contributed by atoms with Crippen molar-refractivity contribution in [2.75, 3.05) is 6.54 Å². The molecule has 4 fully saturated rings. The fourth-order valence-electron chi connectivity index (χ4n) is 3.74. The summed E-state index contributed by atoms with van der Waals surface area (Å²) in [5.74, 6) is -0.344. The Hall–Kier alpha value is -1.43. The SMILES string of the molecule is O=C(O)[C@@H]1C[C@H]2CC[C@@H]1N(C(=O)c1csc(C3CC3)n1)C2. The summed E-state index contributed by atoms with van der Waals surface area (Å²) >= 11 is 1.56. The van der Waals surface area contributed by atoms with E-state index in [1.54, 1.807) is 16.2 Å². The number of hydrogen-bond donors (Lipinski definition) is 1. The number of aliphatic carboxylic acids is 1. The second kappa shape index (κ2) is 4.80. The minimum atomic E-state index is -0.765. The molecule has 2 bridgehead atoms. The van der Waals surface area contributed by atoms with Gasteiger partial charge in [-0.1, -0.05) is 0 Å². The van der Waals surface area contributed by atoms with Gasteiger partial charge in [-0.3, -0.25) is 9.59 Å². The van der Waals surface area contributed by atoms with Gasteiger partial charge in [-0.2, -0.15) is 0 Å². The molecule has 112 valence electrons. The molecule has 1 aromatic heterocycles. The third-order valence-corrected chi connectivity index (χ3v) is 6.03. The highest BCUT2D eigenvalue weighted by molar-refractivity contribution is 7.10. The molecular weight excluding hydrogens is 288 g/mol. The molecule has 0 unspecified atom stereocenters. The summed E-state index contributed by atoms with van der Waals surface area (Å²) in [7, 11) is 0. The lowest BCUT2D eigenvalue weighted by Gasteiger charge is -2.48. The molecule has 0 radical (unpaired) electrons. The first kappa shape index (κ1) is 13.2. The second-order valence-electron chi connectivity index (χ2n) is 6.49. The highest BCUT2D eigenvalue weighted by atomic mass is 32.1. The van der Waals surface area contributed by atoms with Crippen molar-refractivity contribution in [3.63, 3.8) is 0 Å². The van der Waals surface area contributed by atoms with Crippen LogP contribution in [-0.2, 0) is 4.79 Å². The molecule has 0 spiro atoms. The topological polar surface area (TPSA) is 70.5 Å². The van der Waals surface area contributed by atoms with Crippen LogP contribution in [0, 0.1) is 11.8 Å². The highest BCUT2D eigenvalue weighted by Crippen LogP contribution is 2.42. The predicted octanol–water partition coefficient (Wildman–Crippen LogP) is 2.35. The summed E-state index contributed by atoms with van der Waals surface area (Å²) in [5.41, 5.74) is 0.513. The molecule has 0 aromatic carbocycles. The van der Waals surface area contributed by atoms with E-state index in [2.05, 4.69) is 4.98 Å². The van der Waals surface area contributed by atoms with Crippen molar-refractivity contribution in [2.45, 2.75) is 44.1 Å². The van der Waals surface area contributed by atoms with Gasteiger partial charge in [-0.05, 0) is 38.0 Å². The third-order valence-electron chi connectivity index (χ3n) is 5.02. The number of piperidine rings is 2. The van der Waals surface area contributed by atoms with Crippen LogP contribution in [0.25, 0.3) is 0 Å². The fraction of sp³-hybridized carbons (Fsp3) is 0.667. The second-order valence-corrected chi connectivity index (χ2v) is 7.38. The maximum absolute atomic E-state index is 12.7. The number of carbonyl (C=O) groups is 2. The molecule has 2 saturated carbocycles. The smallest absolute Gasteiger partial charge is 0.308 e. The number of amides is 1. The summed E-state index contributed by atoms with van der Waals surface area (Å²) in [5, 5.41) is 12.3. The van der Waals surface area contributed by atoms with Crippen molar-refractivity contribution in [2.24, 2.45) is 11.8 Å². The Labute approximate surface area is 127 Å². The molecule has 4 aliphatic rings. The van der Waals surface area contributed by atoms with Crippen molar-refractivity contribution in [1.82, 2.24) is 9.88 Å². The van der Waals surface area contributed by atoms with Crippen molar-refractivity contribution >= 4 is 23.2 Å². The standard InChI is InChI=1S/C15H18N2O3S/c18-14(11-7-21-13(16-11)9-2-3-9)17-6-8-1-4-12(17)10(5-8)15(19)20/h7-10,12H,1-6H2,(H,19,20)/t8-,10-,12+/m1/s1. The average Bonchev–Trinajstić information content (AvgIpc) is 3.24. The Bertz CT molecular complexity index is 595. The van der Waals surface area contributed by atoms with Gasteiger partial charge in [-0.15, -0.1) is 11.3 Å². The summed E-state index contributed by atoms with van der Waals surface area (Å²) in [4.78, 5) is 30.4. The number of thiazole rings is 1. The number of carboxylic acids is 1. The molecule has 2 aliphatic heterocycles. The lowest BCUT2D eigenvalue weighted by molar-refractivity contribution is -0.148. The molecule has 6 heteroatoms. The first-order chi connectivity index (χ1) is 10.1. The van der Waals surface area contributed by atoms with Crippen LogP contribution in [-0.4, -0.2) is 39.5 Å². The van der Waals surface area contributed by atoms with Crippen LogP contribution < -0.4 is 0 Å².